The van der Waals surface area contributed by atoms with Gasteiger partial charge in [0.05, 0.1) is 12.2 Å². The predicted molar refractivity (Wildman–Crippen MR) is 40.6 cm³/mol. The van der Waals surface area contributed by atoms with Crippen molar-refractivity contribution in [3.63, 3.8) is 0 Å². The van der Waals surface area contributed by atoms with Crippen LogP contribution in [0, 0.1) is 0 Å². The van der Waals surface area contributed by atoms with E-state index in [1.807, 2.05) is 0 Å². The zero-order valence-corrected chi connectivity index (χ0v) is 6.69. The third kappa shape index (κ3) is 1.36. The lowest BCUT2D eigenvalue weighted by molar-refractivity contribution is -0.138. The molecule has 2 rings (SSSR count). The molecule has 1 nitrogen and oxygen atoms in total. The summed E-state index contributed by atoms with van der Waals surface area (Å²) in [7, 11) is 0. The van der Waals surface area contributed by atoms with Gasteiger partial charge in [-0.15, -0.1) is 0 Å². The molecule has 1 aromatic rings. The predicted octanol–water partition coefficient (Wildman–Crippen LogP) is 2.64. The van der Waals surface area contributed by atoms with Crippen molar-refractivity contribution in [3.05, 3.63) is 29.3 Å². The maximum Gasteiger partial charge on any atom is 0.416 e. The average molecular weight is 188 g/mol. The Morgan fingerprint density at radius 2 is 2.00 bits per heavy atom. The molecule has 0 aliphatic carbocycles. The molecule has 1 aromatic carbocycles. The second-order valence-corrected chi connectivity index (χ2v) is 2.88. The minimum atomic E-state index is -4.26. The number of ether oxygens (including phenoxy) is 1. The first kappa shape index (κ1) is 8.41. The molecular formula is C9H7F3O. The number of rotatable bonds is 0. The van der Waals surface area contributed by atoms with Crippen LogP contribution in [-0.2, 0) is 12.6 Å². The van der Waals surface area contributed by atoms with Gasteiger partial charge in [-0.3, -0.25) is 0 Å². The Hall–Kier alpha value is -1.19. The Balaban J connectivity index is 2.54. The van der Waals surface area contributed by atoms with E-state index >= 15 is 0 Å². The van der Waals surface area contributed by atoms with Crippen LogP contribution in [0.2, 0.25) is 0 Å². The highest BCUT2D eigenvalue weighted by atomic mass is 19.4. The fourth-order valence-electron chi connectivity index (χ4n) is 1.49. The van der Waals surface area contributed by atoms with Crippen LogP contribution in [0.5, 0.6) is 5.75 Å². The summed E-state index contributed by atoms with van der Waals surface area (Å²) in [6.07, 6.45) is -3.91. The highest BCUT2D eigenvalue weighted by Crippen LogP contribution is 2.38. The van der Waals surface area contributed by atoms with Crippen LogP contribution in [0.25, 0.3) is 0 Å². The zero-order valence-electron chi connectivity index (χ0n) is 6.69. The molecule has 0 spiro atoms. The minimum absolute atomic E-state index is 0.287. The van der Waals surface area contributed by atoms with Crippen LogP contribution in [0.3, 0.4) is 0 Å². The molecule has 0 amide bonds. The average Bonchev–Trinajstić information content (AvgIpc) is 2.48. The molecule has 4 heteroatoms. The summed E-state index contributed by atoms with van der Waals surface area (Å²) >= 11 is 0. The monoisotopic (exact) mass is 188 g/mol. The Morgan fingerprint density at radius 3 is 2.69 bits per heavy atom. The van der Waals surface area contributed by atoms with E-state index in [-0.39, 0.29) is 5.56 Å². The topological polar surface area (TPSA) is 9.23 Å². The molecule has 1 heterocycles. The van der Waals surface area contributed by atoms with Crippen molar-refractivity contribution < 1.29 is 17.9 Å². The van der Waals surface area contributed by atoms with E-state index in [1.165, 1.54) is 6.07 Å². The van der Waals surface area contributed by atoms with Crippen LogP contribution in [-0.4, -0.2) is 6.61 Å². The zero-order chi connectivity index (χ0) is 9.47. The maximum absolute atomic E-state index is 12.4. The van der Waals surface area contributed by atoms with Crippen LogP contribution >= 0.6 is 0 Å². The lowest BCUT2D eigenvalue weighted by atomic mass is 10.1. The third-order valence-corrected chi connectivity index (χ3v) is 2.05. The molecule has 0 unspecified atom stereocenters. The van der Waals surface area contributed by atoms with Gasteiger partial charge >= 0.3 is 6.18 Å². The first-order valence-electron chi connectivity index (χ1n) is 3.91. The summed E-state index contributed by atoms with van der Waals surface area (Å²) < 4.78 is 42.2. The van der Waals surface area contributed by atoms with E-state index in [0.29, 0.717) is 18.8 Å². The molecule has 1 aliphatic heterocycles. The molecule has 70 valence electrons. The van der Waals surface area contributed by atoms with Crippen molar-refractivity contribution in [2.45, 2.75) is 12.6 Å². The summed E-state index contributed by atoms with van der Waals surface area (Å²) in [6.45, 7) is 0.350. The van der Waals surface area contributed by atoms with E-state index in [2.05, 4.69) is 0 Å². The van der Waals surface area contributed by atoms with Gasteiger partial charge in [-0.25, -0.2) is 0 Å². The van der Waals surface area contributed by atoms with Gasteiger partial charge in [0.2, 0.25) is 0 Å². The van der Waals surface area contributed by atoms with Crippen LogP contribution < -0.4 is 4.74 Å². The molecule has 13 heavy (non-hydrogen) atoms. The van der Waals surface area contributed by atoms with Crippen LogP contribution in [0.15, 0.2) is 18.2 Å². The minimum Gasteiger partial charge on any atom is -0.493 e. The number of halogens is 3. The van der Waals surface area contributed by atoms with Crippen molar-refractivity contribution >= 4 is 0 Å². The van der Waals surface area contributed by atoms with Gasteiger partial charge < -0.3 is 4.74 Å². The Morgan fingerprint density at radius 1 is 1.23 bits per heavy atom. The van der Waals surface area contributed by atoms with E-state index < -0.39 is 11.7 Å². The Bertz CT molecular complexity index is 330. The normalized spacial score (nSPS) is 15.3. The number of benzene rings is 1. The molecular weight excluding hydrogens is 181 g/mol. The highest BCUT2D eigenvalue weighted by molar-refractivity contribution is 5.44. The molecule has 0 saturated carbocycles. The first-order chi connectivity index (χ1) is 6.09. The van der Waals surface area contributed by atoms with E-state index in [4.69, 9.17) is 4.74 Å². The van der Waals surface area contributed by atoms with Crippen molar-refractivity contribution in [2.24, 2.45) is 0 Å². The molecule has 0 bridgehead atoms. The van der Waals surface area contributed by atoms with Gasteiger partial charge in [-0.05, 0) is 12.1 Å². The van der Waals surface area contributed by atoms with Gasteiger partial charge in [-0.2, -0.15) is 13.2 Å². The molecule has 0 aromatic heterocycles. The summed E-state index contributed by atoms with van der Waals surface area (Å²) in [4.78, 5) is 0. The fourth-order valence-corrected chi connectivity index (χ4v) is 1.49. The molecule has 0 N–H and O–H groups in total. The summed E-state index contributed by atoms with van der Waals surface area (Å²) in [5.74, 6) is 0.370. The smallest absolute Gasteiger partial charge is 0.416 e. The quantitative estimate of drug-likeness (QED) is 0.608. The number of hydrogen-bond acceptors (Lipinski definition) is 1. The molecule has 1 aliphatic rings. The number of alkyl halides is 3. The first-order valence-corrected chi connectivity index (χ1v) is 3.91. The summed E-state index contributed by atoms with van der Waals surface area (Å²) in [6, 6.07) is 4.03. The van der Waals surface area contributed by atoms with Crippen LogP contribution in [0.4, 0.5) is 13.2 Å². The van der Waals surface area contributed by atoms with Gasteiger partial charge in [0.1, 0.15) is 5.75 Å². The largest absolute Gasteiger partial charge is 0.493 e. The van der Waals surface area contributed by atoms with Gasteiger partial charge in [0.25, 0.3) is 0 Å². The molecule has 0 saturated heterocycles. The Kier molecular flexibility index (Phi) is 1.71. The third-order valence-electron chi connectivity index (χ3n) is 2.05. The molecule has 0 fully saturated rings. The summed E-state index contributed by atoms with van der Waals surface area (Å²) in [5.41, 5.74) is -0.280. The molecule has 0 atom stereocenters. The lowest BCUT2D eigenvalue weighted by Gasteiger charge is -2.09. The van der Waals surface area contributed by atoms with Gasteiger partial charge in [0, 0.05) is 12.0 Å². The van der Waals surface area contributed by atoms with Crippen molar-refractivity contribution in [2.75, 3.05) is 6.61 Å². The van der Waals surface area contributed by atoms with Crippen molar-refractivity contribution in [1.29, 1.82) is 0 Å². The van der Waals surface area contributed by atoms with Crippen LogP contribution in [0.1, 0.15) is 11.1 Å². The Labute approximate surface area is 73.1 Å². The van der Waals surface area contributed by atoms with Crippen molar-refractivity contribution in [1.82, 2.24) is 0 Å². The molecule has 0 radical (unpaired) electrons. The number of hydrogen-bond donors (Lipinski definition) is 0. The van der Waals surface area contributed by atoms with E-state index in [1.54, 1.807) is 6.07 Å². The van der Waals surface area contributed by atoms with Gasteiger partial charge in [0.15, 0.2) is 0 Å². The van der Waals surface area contributed by atoms with E-state index in [9.17, 15) is 13.2 Å². The second kappa shape index (κ2) is 2.65. The van der Waals surface area contributed by atoms with E-state index in [0.717, 1.165) is 6.07 Å². The fraction of sp³-hybridized carbons (Fsp3) is 0.333. The standard InChI is InChI=1S/C9H7F3O/c10-9(11,12)7-2-1-3-8-6(7)4-5-13-8/h1-3H,4-5H2. The lowest BCUT2D eigenvalue weighted by Crippen LogP contribution is -2.07. The number of fused-ring (bicyclic) bond motifs is 1. The van der Waals surface area contributed by atoms with Crippen molar-refractivity contribution in [3.8, 4) is 5.75 Å². The van der Waals surface area contributed by atoms with Gasteiger partial charge in [-0.1, -0.05) is 6.07 Å². The second-order valence-electron chi connectivity index (χ2n) is 2.88. The SMILES string of the molecule is FC(F)(F)c1cccc2c1CCO2. The maximum atomic E-state index is 12.4. The highest BCUT2D eigenvalue weighted by Gasteiger charge is 2.35. The summed E-state index contributed by atoms with van der Waals surface area (Å²) in [5, 5.41) is 0.